The van der Waals surface area contributed by atoms with Crippen molar-refractivity contribution in [3.05, 3.63) is 29.8 Å². The largest absolute Gasteiger partial charge is 0.493 e. The zero-order valence-electron chi connectivity index (χ0n) is 14.8. The van der Waals surface area contributed by atoms with Crippen molar-refractivity contribution in [3.63, 3.8) is 0 Å². The molecule has 6 heteroatoms. The molecule has 1 saturated carbocycles. The fourth-order valence-electron chi connectivity index (χ4n) is 4.23. The lowest BCUT2D eigenvalue weighted by molar-refractivity contribution is 0.284. The molecule has 0 radical (unpaired) electrons. The van der Waals surface area contributed by atoms with Gasteiger partial charge in [-0.2, -0.15) is 4.31 Å². The first-order valence-corrected chi connectivity index (χ1v) is 10.4. The Hall–Kier alpha value is -1.53. The second-order valence-corrected chi connectivity index (χ2v) is 9.15. The maximum Gasteiger partial charge on any atom is 0.243 e. The SMILES string of the molecule is COc1ccc(S(=O)(=O)N2C3CCC2CC(=CC2CC2)C3)cc1OC. The van der Waals surface area contributed by atoms with E-state index in [-0.39, 0.29) is 17.0 Å². The monoisotopic (exact) mass is 363 g/mol. The molecule has 2 bridgehead atoms. The van der Waals surface area contributed by atoms with Gasteiger partial charge < -0.3 is 9.47 Å². The van der Waals surface area contributed by atoms with Crippen LogP contribution in [0, 0.1) is 5.92 Å². The van der Waals surface area contributed by atoms with Crippen LogP contribution in [0.15, 0.2) is 34.7 Å². The molecule has 2 saturated heterocycles. The molecule has 0 amide bonds. The van der Waals surface area contributed by atoms with E-state index in [1.165, 1.54) is 25.5 Å². The smallest absolute Gasteiger partial charge is 0.243 e. The number of rotatable bonds is 5. The van der Waals surface area contributed by atoms with E-state index >= 15 is 0 Å². The molecule has 4 rings (SSSR count). The van der Waals surface area contributed by atoms with Crippen molar-refractivity contribution in [1.29, 1.82) is 0 Å². The van der Waals surface area contributed by atoms with Gasteiger partial charge in [-0.3, -0.25) is 0 Å². The third-order valence-corrected chi connectivity index (χ3v) is 7.57. The molecule has 2 atom stereocenters. The van der Waals surface area contributed by atoms with E-state index in [2.05, 4.69) is 6.08 Å². The molecule has 5 nitrogen and oxygen atoms in total. The molecule has 2 heterocycles. The number of sulfonamides is 1. The lowest BCUT2D eigenvalue weighted by Crippen LogP contribution is -2.44. The molecule has 3 fully saturated rings. The first-order chi connectivity index (χ1) is 12.0. The predicted molar refractivity (Wildman–Crippen MR) is 95.4 cm³/mol. The summed E-state index contributed by atoms with van der Waals surface area (Å²) >= 11 is 0. The lowest BCUT2D eigenvalue weighted by atomic mass is 9.98. The van der Waals surface area contributed by atoms with Crippen LogP contribution in [0.5, 0.6) is 11.5 Å². The highest BCUT2D eigenvalue weighted by molar-refractivity contribution is 7.89. The summed E-state index contributed by atoms with van der Waals surface area (Å²) in [5.41, 5.74) is 1.47. The van der Waals surface area contributed by atoms with Gasteiger partial charge in [-0.25, -0.2) is 8.42 Å². The van der Waals surface area contributed by atoms with E-state index < -0.39 is 10.0 Å². The number of methoxy groups -OCH3 is 2. The van der Waals surface area contributed by atoms with Crippen molar-refractivity contribution < 1.29 is 17.9 Å². The van der Waals surface area contributed by atoms with E-state index in [4.69, 9.17) is 9.47 Å². The van der Waals surface area contributed by atoms with Gasteiger partial charge in [0.15, 0.2) is 11.5 Å². The fraction of sp³-hybridized carbons (Fsp3) is 0.579. The number of hydrogen-bond donors (Lipinski definition) is 0. The average Bonchev–Trinajstić information content (AvgIpc) is 3.37. The summed E-state index contributed by atoms with van der Waals surface area (Å²) < 4.78 is 38.8. The van der Waals surface area contributed by atoms with E-state index in [0.29, 0.717) is 11.5 Å². The summed E-state index contributed by atoms with van der Waals surface area (Å²) in [6.45, 7) is 0. The Balaban J connectivity index is 1.63. The number of ether oxygens (including phenoxy) is 2. The average molecular weight is 363 g/mol. The zero-order valence-corrected chi connectivity index (χ0v) is 15.6. The molecule has 0 aromatic heterocycles. The van der Waals surface area contributed by atoms with Gasteiger partial charge in [0.05, 0.1) is 19.1 Å². The Morgan fingerprint density at radius 1 is 1.00 bits per heavy atom. The standard InChI is InChI=1S/C19H25NO4S/c1-23-18-8-7-17(12-19(18)24-2)25(21,22)20-15-5-6-16(20)11-14(10-15)9-13-3-4-13/h7-9,12-13,15-16H,3-6,10-11H2,1-2H3. The van der Waals surface area contributed by atoms with Crippen molar-refractivity contribution in [2.75, 3.05) is 14.2 Å². The summed E-state index contributed by atoms with van der Waals surface area (Å²) in [5, 5.41) is 0. The van der Waals surface area contributed by atoms with Crippen LogP contribution in [0.25, 0.3) is 0 Å². The molecular formula is C19H25NO4S. The normalized spacial score (nSPS) is 26.6. The predicted octanol–water partition coefficient (Wildman–Crippen LogP) is 3.36. The van der Waals surface area contributed by atoms with E-state index in [1.54, 1.807) is 29.6 Å². The van der Waals surface area contributed by atoms with Gasteiger partial charge in [0.2, 0.25) is 10.0 Å². The molecule has 2 unspecified atom stereocenters. The Labute approximate surface area is 149 Å². The van der Waals surface area contributed by atoms with Crippen molar-refractivity contribution in [2.24, 2.45) is 5.92 Å². The van der Waals surface area contributed by atoms with Crippen LogP contribution in [0.3, 0.4) is 0 Å². The number of benzene rings is 1. The molecule has 1 aliphatic carbocycles. The second kappa shape index (κ2) is 6.32. The van der Waals surface area contributed by atoms with Gasteiger partial charge in [-0.1, -0.05) is 11.6 Å². The highest BCUT2D eigenvalue weighted by Gasteiger charge is 2.46. The van der Waals surface area contributed by atoms with Gasteiger partial charge in [-0.05, 0) is 56.6 Å². The molecule has 1 aromatic carbocycles. The van der Waals surface area contributed by atoms with E-state index in [1.807, 2.05) is 0 Å². The lowest BCUT2D eigenvalue weighted by Gasteiger charge is -2.35. The number of allylic oxidation sites excluding steroid dienone is 1. The minimum Gasteiger partial charge on any atom is -0.493 e. The highest BCUT2D eigenvalue weighted by Crippen LogP contribution is 2.44. The Morgan fingerprint density at radius 3 is 2.20 bits per heavy atom. The van der Waals surface area contributed by atoms with Gasteiger partial charge in [0, 0.05) is 18.2 Å². The first kappa shape index (κ1) is 16.9. The molecule has 3 aliphatic rings. The number of fused-ring (bicyclic) bond motifs is 2. The van der Waals surface area contributed by atoms with Crippen LogP contribution in [0.4, 0.5) is 0 Å². The van der Waals surface area contributed by atoms with Gasteiger partial charge in [0.25, 0.3) is 0 Å². The third-order valence-electron chi connectivity index (χ3n) is 5.57. The Bertz CT molecular complexity index is 782. The summed E-state index contributed by atoms with van der Waals surface area (Å²) in [7, 11) is -0.453. The summed E-state index contributed by atoms with van der Waals surface area (Å²) in [6, 6.07) is 5.05. The van der Waals surface area contributed by atoms with Gasteiger partial charge in [0.1, 0.15) is 0 Å². The van der Waals surface area contributed by atoms with Crippen LogP contribution in [-0.2, 0) is 10.0 Å². The molecular weight excluding hydrogens is 338 g/mol. The van der Waals surface area contributed by atoms with Crippen molar-refractivity contribution in [2.45, 2.75) is 55.5 Å². The number of piperidine rings is 1. The fourth-order valence-corrected chi connectivity index (χ4v) is 6.12. The Morgan fingerprint density at radius 2 is 1.64 bits per heavy atom. The van der Waals surface area contributed by atoms with Crippen molar-refractivity contribution in [1.82, 2.24) is 4.31 Å². The van der Waals surface area contributed by atoms with Crippen molar-refractivity contribution in [3.8, 4) is 11.5 Å². The summed E-state index contributed by atoms with van der Waals surface area (Å²) in [6.07, 6.45) is 8.70. The van der Waals surface area contributed by atoms with Crippen molar-refractivity contribution >= 4 is 10.0 Å². The molecule has 0 spiro atoms. The second-order valence-electron chi connectivity index (χ2n) is 7.31. The zero-order chi connectivity index (χ0) is 17.6. The minimum atomic E-state index is -3.52. The summed E-state index contributed by atoms with van der Waals surface area (Å²) in [5.74, 6) is 1.74. The first-order valence-electron chi connectivity index (χ1n) is 8.98. The third kappa shape index (κ3) is 3.06. The maximum absolute atomic E-state index is 13.3. The number of nitrogens with zero attached hydrogens (tertiary/aromatic N) is 1. The molecule has 25 heavy (non-hydrogen) atoms. The molecule has 1 aromatic rings. The minimum absolute atomic E-state index is 0.0989. The van der Waals surface area contributed by atoms with Crippen LogP contribution in [-0.4, -0.2) is 39.0 Å². The van der Waals surface area contributed by atoms with Crippen LogP contribution < -0.4 is 9.47 Å². The topological polar surface area (TPSA) is 55.8 Å². The Kier molecular flexibility index (Phi) is 4.28. The van der Waals surface area contributed by atoms with Crippen LogP contribution in [0.2, 0.25) is 0 Å². The number of hydrogen-bond acceptors (Lipinski definition) is 4. The van der Waals surface area contributed by atoms with E-state index in [0.717, 1.165) is 31.6 Å². The summed E-state index contributed by atoms with van der Waals surface area (Å²) in [4.78, 5) is 0.289. The van der Waals surface area contributed by atoms with E-state index in [9.17, 15) is 8.42 Å². The highest BCUT2D eigenvalue weighted by atomic mass is 32.2. The maximum atomic E-state index is 13.3. The molecule has 2 aliphatic heterocycles. The molecule has 0 N–H and O–H groups in total. The quantitative estimate of drug-likeness (QED) is 0.753. The van der Waals surface area contributed by atoms with Crippen LogP contribution in [0.1, 0.15) is 38.5 Å². The van der Waals surface area contributed by atoms with Crippen LogP contribution >= 0.6 is 0 Å². The van der Waals surface area contributed by atoms with Gasteiger partial charge >= 0.3 is 0 Å². The van der Waals surface area contributed by atoms with Gasteiger partial charge in [-0.15, -0.1) is 0 Å². The molecule has 136 valence electrons.